The van der Waals surface area contributed by atoms with Crippen molar-refractivity contribution in [3.05, 3.63) is 28.7 Å². The lowest BCUT2D eigenvalue weighted by molar-refractivity contribution is 0.0458. The van der Waals surface area contributed by atoms with Gasteiger partial charge < -0.3 is 5.32 Å². The summed E-state index contributed by atoms with van der Waals surface area (Å²) in [5.74, 6) is 0. The van der Waals surface area contributed by atoms with E-state index in [2.05, 4.69) is 22.3 Å². The summed E-state index contributed by atoms with van der Waals surface area (Å²) in [7, 11) is 0. The van der Waals surface area contributed by atoms with Gasteiger partial charge in [-0.3, -0.25) is 4.90 Å². The molecule has 23 heavy (non-hydrogen) atoms. The van der Waals surface area contributed by atoms with E-state index in [1.54, 1.807) is 0 Å². The third kappa shape index (κ3) is 3.74. The molecule has 4 heteroatoms. The summed E-state index contributed by atoms with van der Waals surface area (Å²) < 4.78 is 0. The summed E-state index contributed by atoms with van der Waals surface area (Å²) in [5.41, 5.74) is 2.99. The molecular weight excluding hydrogens is 286 g/mol. The molecule has 0 radical (unpaired) electrons. The lowest BCUT2D eigenvalue weighted by Gasteiger charge is -2.47. The van der Waals surface area contributed by atoms with Crippen molar-refractivity contribution in [2.45, 2.75) is 70.4 Å². The molecule has 1 aromatic rings. The van der Waals surface area contributed by atoms with E-state index in [4.69, 9.17) is 0 Å². The first-order chi connectivity index (χ1) is 11.1. The second-order valence-electron chi connectivity index (χ2n) is 7.58. The minimum Gasteiger partial charge on any atom is -0.380 e. The topological polar surface area (TPSA) is 44.7 Å². The molecule has 1 aliphatic carbocycles. The molecule has 0 aromatic heterocycles. The van der Waals surface area contributed by atoms with Gasteiger partial charge in [-0.25, -0.2) is 0 Å². The monoisotopic (exact) mass is 315 g/mol. The lowest BCUT2D eigenvalue weighted by atomic mass is 9.80. The van der Waals surface area contributed by atoms with Gasteiger partial charge in [0, 0.05) is 24.7 Å². The molecule has 1 saturated carbocycles. The van der Waals surface area contributed by atoms with Gasteiger partial charge in [0.1, 0.15) is 5.69 Å². The Bertz CT molecular complexity index is 544. The number of rotatable bonds is 4. The van der Waals surface area contributed by atoms with Crippen LogP contribution in [-0.4, -0.2) is 29.6 Å². The average Bonchev–Trinajstić information content (AvgIpc) is 2.56. The van der Waals surface area contributed by atoms with E-state index in [9.17, 15) is 4.91 Å². The fourth-order valence-corrected chi connectivity index (χ4v) is 4.26. The maximum Gasteiger partial charge on any atom is 0.131 e. The Labute approximate surface area is 139 Å². The second-order valence-corrected chi connectivity index (χ2v) is 7.58. The molecule has 0 spiro atoms. The largest absolute Gasteiger partial charge is 0.380 e. The summed E-state index contributed by atoms with van der Waals surface area (Å²) in [6, 6.07) is 6.23. The Balaban J connectivity index is 1.59. The maximum atomic E-state index is 11.0. The molecule has 4 nitrogen and oxygen atoms in total. The summed E-state index contributed by atoms with van der Waals surface area (Å²) in [6.07, 6.45) is 9.15. The van der Waals surface area contributed by atoms with Crippen molar-refractivity contribution in [1.82, 2.24) is 4.90 Å². The summed E-state index contributed by atoms with van der Waals surface area (Å²) >= 11 is 0. The number of nitrogens with one attached hydrogen (secondary N) is 1. The van der Waals surface area contributed by atoms with Crippen LogP contribution in [0.25, 0.3) is 0 Å². The van der Waals surface area contributed by atoms with Crippen LogP contribution in [0.5, 0.6) is 0 Å². The number of hydrogen-bond donors (Lipinski definition) is 1. The third-order valence-corrected chi connectivity index (χ3v) is 5.80. The van der Waals surface area contributed by atoms with Crippen molar-refractivity contribution < 1.29 is 0 Å². The minimum absolute atomic E-state index is 0.419. The molecule has 0 unspecified atom stereocenters. The standard InChI is InChI=1S/C19H29N3O/c1-15-6-7-17(21-23)18(14-15)20-16-8-12-22(13-9-16)19(2)10-4-3-5-11-19/h6-7,14,16,20H,3-5,8-13H2,1-2H3. The predicted molar refractivity (Wildman–Crippen MR) is 96.3 cm³/mol. The van der Waals surface area contributed by atoms with Gasteiger partial charge in [-0.05, 0) is 62.4 Å². The van der Waals surface area contributed by atoms with Crippen LogP contribution in [0.15, 0.2) is 23.4 Å². The van der Waals surface area contributed by atoms with Crippen LogP contribution in [0.2, 0.25) is 0 Å². The molecule has 2 fully saturated rings. The molecule has 1 N–H and O–H groups in total. The Morgan fingerprint density at radius 3 is 2.52 bits per heavy atom. The minimum atomic E-state index is 0.419. The van der Waals surface area contributed by atoms with Gasteiger partial charge in [-0.15, -0.1) is 4.91 Å². The van der Waals surface area contributed by atoms with Crippen molar-refractivity contribution in [1.29, 1.82) is 0 Å². The highest BCUT2D eigenvalue weighted by Gasteiger charge is 2.35. The van der Waals surface area contributed by atoms with Gasteiger partial charge in [0.2, 0.25) is 0 Å². The predicted octanol–water partition coefficient (Wildman–Crippen LogP) is 4.99. The van der Waals surface area contributed by atoms with E-state index in [-0.39, 0.29) is 0 Å². The fraction of sp³-hybridized carbons (Fsp3) is 0.684. The zero-order chi connectivity index (χ0) is 16.3. The van der Waals surface area contributed by atoms with Gasteiger partial charge in [-0.2, -0.15) is 0 Å². The van der Waals surface area contributed by atoms with E-state index in [1.165, 1.54) is 32.1 Å². The summed E-state index contributed by atoms with van der Waals surface area (Å²) in [6.45, 7) is 6.81. The van der Waals surface area contributed by atoms with Crippen molar-refractivity contribution in [3.63, 3.8) is 0 Å². The second kappa shape index (κ2) is 7.00. The van der Waals surface area contributed by atoms with Crippen molar-refractivity contribution >= 4 is 11.4 Å². The van der Waals surface area contributed by atoms with Crippen LogP contribution in [0, 0.1) is 11.8 Å². The zero-order valence-electron chi connectivity index (χ0n) is 14.5. The molecule has 1 aromatic carbocycles. The zero-order valence-corrected chi connectivity index (χ0v) is 14.5. The highest BCUT2D eigenvalue weighted by molar-refractivity contribution is 5.66. The molecule has 2 aliphatic rings. The van der Waals surface area contributed by atoms with Crippen molar-refractivity contribution in [2.75, 3.05) is 18.4 Å². The van der Waals surface area contributed by atoms with Crippen molar-refractivity contribution in [3.8, 4) is 0 Å². The van der Waals surface area contributed by atoms with Crippen LogP contribution >= 0.6 is 0 Å². The first-order valence-electron chi connectivity index (χ1n) is 9.06. The summed E-state index contributed by atoms with van der Waals surface area (Å²) in [4.78, 5) is 13.7. The Kier molecular flexibility index (Phi) is 5.00. The number of benzene rings is 1. The first kappa shape index (κ1) is 16.4. The molecule has 1 heterocycles. The van der Waals surface area contributed by atoms with Crippen LogP contribution in [0.4, 0.5) is 11.4 Å². The van der Waals surface area contributed by atoms with E-state index >= 15 is 0 Å². The number of nitroso groups, excluding NO2 is 1. The molecule has 0 amide bonds. The van der Waals surface area contributed by atoms with E-state index in [0.717, 1.165) is 37.2 Å². The number of piperidine rings is 1. The van der Waals surface area contributed by atoms with E-state index in [0.29, 0.717) is 17.3 Å². The number of anilines is 1. The smallest absolute Gasteiger partial charge is 0.131 e. The van der Waals surface area contributed by atoms with Gasteiger partial charge in [0.05, 0.1) is 5.69 Å². The molecule has 3 rings (SSSR count). The SMILES string of the molecule is Cc1ccc(N=O)c(NC2CCN(C3(C)CCCCC3)CC2)c1. The normalized spacial score (nSPS) is 22.7. The van der Waals surface area contributed by atoms with Gasteiger partial charge in [0.15, 0.2) is 0 Å². The molecule has 1 saturated heterocycles. The van der Waals surface area contributed by atoms with Crippen molar-refractivity contribution in [2.24, 2.45) is 5.18 Å². The molecule has 0 bridgehead atoms. The van der Waals surface area contributed by atoms with Crippen LogP contribution in [0.1, 0.15) is 57.4 Å². The van der Waals surface area contributed by atoms with Gasteiger partial charge >= 0.3 is 0 Å². The van der Waals surface area contributed by atoms with E-state index in [1.807, 2.05) is 25.1 Å². The molecule has 1 aliphatic heterocycles. The average molecular weight is 315 g/mol. The van der Waals surface area contributed by atoms with Crippen LogP contribution < -0.4 is 5.32 Å². The van der Waals surface area contributed by atoms with Crippen LogP contribution in [0.3, 0.4) is 0 Å². The highest BCUT2D eigenvalue weighted by atomic mass is 16.3. The van der Waals surface area contributed by atoms with E-state index < -0.39 is 0 Å². The molecule has 0 atom stereocenters. The Morgan fingerprint density at radius 2 is 1.87 bits per heavy atom. The number of aryl methyl sites for hydroxylation is 1. The Hall–Kier alpha value is -1.42. The van der Waals surface area contributed by atoms with Crippen LogP contribution in [-0.2, 0) is 0 Å². The maximum absolute atomic E-state index is 11.0. The quantitative estimate of drug-likeness (QED) is 0.796. The first-order valence-corrected chi connectivity index (χ1v) is 9.06. The van der Waals surface area contributed by atoms with Gasteiger partial charge in [-0.1, -0.05) is 25.3 Å². The third-order valence-electron chi connectivity index (χ3n) is 5.80. The fourth-order valence-electron chi connectivity index (χ4n) is 4.26. The molecule has 126 valence electrons. The summed E-state index contributed by atoms with van der Waals surface area (Å²) in [5, 5.41) is 6.71. The highest BCUT2D eigenvalue weighted by Crippen LogP contribution is 2.36. The van der Waals surface area contributed by atoms with Gasteiger partial charge in [0.25, 0.3) is 0 Å². The number of likely N-dealkylation sites (tertiary alicyclic amines) is 1. The Morgan fingerprint density at radius 1 is 1.17 bits per heavy atom. The number of nitrogens with zero attached hydrogens (tertiary/aromatic N) is 2. The number of hydrogen-bond acceptors (Lipinski definition) is 4. The molecular formula is C19H29N3O. The lowest BCUT2D eigenvalue weighted by Crippen LogP contribution is -2.52.